The van der Waals surface area contributed by atoms with Crippen molar-refractivity contribution in [3.05, 3.63) is 27.9 Å². The molecular weight excluding hydrogens is 338 g/mol. The van der Waals surface area contributed by atoms with E-state index in [0.717, 1.165) is 49.4 Å². The van der Waals surface area contributed by atoms with Gasteiger partial charge in [-0.2, -0.15) is 11.3 Å². The summed E-state index contributed by atoms with van der Waals surface area (Å²) < 4.78 is 0. The quantitative estimate of drug-likeness (QED) is 0.775. The zero-order valence-electron chi connectivity index (χ0n) is 14.1. The van der Waals surface area contributed by atoms with Gasteiger partial charge < -0.3 is 5.32 Å². The fourth-order valence-corrected chi connectivity index (χ4v) is 4.75. The minimum Gasteiger partial charge on any atom is -0.355 e. The Hall–Kier alpha value is -1.24. The molecular formula is C18H25N3OS2. The van der Waals surface area contributed by atoms with Crippen molar-refractivity contribution in [1.82, 2.24) is 15.6 Å². The van der Waals surface area contributed by atoms with Crippen LogP contribution in [0, 0.1) is 0 Å². The highest BCUT2D eigenvalue weighted by Gasteiger charge is 2.38. The van der Waals surface area contributed by atoms with E-state index in [4.69, 9.17) is 4.98 Å². The molecule has 130 valence electrons. The predicted octanol–water partition coefficient (Wildman–Crippen LogP) is 4.19. The second-order valence-electron chi connectivity index (χ2n) is 6.41. The lowest BCUT2D eigenvalue weighted by Crippen LogP contribution is -2.57. The van der Waals surface area contributed by atoms with Crippen LogP contribution in [0.5, 0.6) is 0 Å². The van der Waals surface area contributed by atoms with Crippen LogP contribution in [-0.4, -0.2) is 23.0 Å². The summed E-state index contributed by atoms with van der Waals surface area (Å²) >= 11 is 3.36. The van der Waals surface area contributed by atoms with Crippen molar-refractivity contribution >= 4 is 28.6 Å². The van der Waals surface area contributed by atoms with Crippen molar-refractivity contribution in [2.75, 3.05) is 6.54 Å². The summed E-state index contributed by atoms with van der Waals surface area (Å²) in [7, 11) is 0. The third-order valence-electron chi connectivity index (χ3n) is 4.61. The highest BCUT2D eigenvalue weighted by Crippen LogP contribution is 2.30. The molecule has 2 N–H and O–H groups in total. The van der Waals surface area contributed by atoms with Crippen LogP contribution >= 0.6 is 22.7 Å². The van der Waals surface area contributed by atoms with Gasteiger partial charge in [0.2, 0.25) is 5.91 Å². The summed E-state index contributed by atoms with van der Waals surface area (Å²) in [5, 5.41) is 14.0. The van der Waals surface area contributed by atoms with Crippen LogP contribution in [0.4, 0.5) is 0 Å². The topological polar surface area (TPSA) is 54.0 Å². The summed E-state index contributed by atoms with van der Waals surface area (Å²) in [4.78, 5) is 17.4. The number of thiazole rings is 1. The van der Waals surface area contributed by atoms with Gasteiger partial charge in [-0.3, -0.25) is 10.1 Å². The van der Waals surface area contributed by atoms with Crippen LogP contribution in [0.15, 0.2) is 22.2 Å². The Balaban J connectivity index is 1.66. The highest BCUT2D eigenvalue weighted by atomic mass is 32.1. The number of aromatic nitrogens is 1. The lowest BCUT2D eigenvalue weighted by molar-refractivity contribution is -0.129. The van der Waals surface area contributed by atoms with E-state index in [-0.39, 0.29) is 5.91 Å². The first-order chi connectivity index (χ1) is 11.7. The second-order valence-corrected chi connectivity index (χ2v) is 8.05. The Morgan fingerprint density at radius 2 is 2.12 bits per heavy atom. The Morgan fingerprint density at radius 3 is 2.83 bits per heavy atom. The van der Waals surface area contributed by atoms with Crippen molar-refractivity contribution in [1.29, 1.82) is 0 Å². The maximum atomic E-state index is 12.7. The molecule has 6 heteroatoms. The van der Waals surface area contributed by atoms with Crippen molar-refractivity contribution < 1.29 is 4.79 Å². The summed E-state index contributed by atoms with van der Waals surface area (Å²) in [5.74, 6) is 0.164. The maximum Gasteiger partial charge on any atom is 0.240 e. The molecule has 1 saturated carbocycles. The van der Waals surface area contributed by atoms with Gasteiger partial charge in [0.05, 0.1) is 11.2 Å². The number of carbonyl (C=O) groups is 1. The molecule has 1 amide bonds. The molecule has 1 fully saturated rings. The van der Waals surface area contributed by atoms with Gasteiger partial charge in [-0.05, 0) is 30.7 Å². The molecule has 2 aromatic heterocycles. The van der Waals surface area contributed by atoms with Gasteiger partial charge in [-0.15, -0.1) is 11.3 Å². The fraction of sp³-hybridized carbons (Fsp3) is 0.556. The van der Waals surface area contributed by atoms with Crippen LogP contribution in [0.3, 0.4) is 0 Å². The van der Waals surface area contributed by atoms with Gasteiger partial charge in [0.1, 0.15) is 5.01 Å². The molecule has 2 heterocycles. The predicted molar refractivity (Wildman–Crippen MR) is 101 cm³/mol. The Kier molecular flexibility index (Phi) is 6.03. The fourth-order valence-electron chi connectivity index (χ4n) is 3.21. The standard InChI is InChI=1S/C18H25N3OS2/c1-2-9-19-17(22)18(7-4-3-5-8-18)20-11-15-13-24-16(21-15)14-6-10-23-12-14/h6,10,12-13,20H,2-5,7-9,11H2,1H3,(H,19,22). The van der Waals surface area contributed by atoms with Crippen LogP contribution in [0.1, 0.15) is 51.1 Å². The molecule has 1 aliphatic carbocycles. The van der Waals surface area contributed by atoms with E-state index >= 15 is 0 Å². The third kappa shape index (κ3) is 4.05. The number of hydrogen-bond acceptors (Lipinski definition) is 5. The lowest BCUT2D eigenvalue weighted by atomic mass is 9.80. The molecule has 0 unspecified atom stereocenters. The average Bonchev–Trinajstić information content (AvgIpc) is 3.29. The number of nitrogens with one attached hydrogen (secondary N) is 2. The largest absolute Gasteiger partial charge is 0.355 e. The number of rotatable bonds is 7. The zero-order valence-corrected chi connectivity index (χ0v) is 15.8. The molecule has 0 spiro atoms. The molecule has 4 nitrogen and oxygen atoms in total. The lowest BCUT2D eigenvalue weighted by Gasteiger charge is -2.36. The minimum absolute atomic E-state index is 0.164. The first-order valence-corrected chi connectivity index (χ1v) is 10.6. The van der Waals surface area contributed by atoms with Gasteiger partial charge in [0.25, 0.3) is 0 Å². The number of carbonyl (C=O) groups excluding carboxylic acids is 1. The molecule has 0 aliphatic heterocycles. The SMILES string of the molecule is CCCNC(=O)C1(NCc2csc(-c3ccsc3)n2)CCCCC1. The summed E-state index contributed by atoms with van der Waals surface area (Å²) in [6.45, 7) is 3.49. The second kappa shape index (κ2) is 8.23. The van der Waals surface area contributed by atoms with E-state index in [1.165, 1.54) is 12.0 Å². The van der Waals surface area contributed by atoms with Crippen molar-refractivity contribution in [3.8, 4) is 10.6 Å². The average molecular weight is 364 g/mol. The number of thiophene rings is 1. The van der Waals surface area contributed by atoms with Crippen LogP contribution < -0.4 is 10.6 Å². The first-order valence-electron chi connectivity index (χ1n) is 8.74. The van der Waals surface area contributed by atoms with Crippen LogP contribution in [-0.2, 0) is 11.3 Å². The van der Waals surface area contributed by atoms with E-state index in [2.05, 4.69) is 39.8 Å². The molecule has 0 aromatic carbocycles. The van der Waals surface area contributed by atoms with E-state index in [1.807, 2.05) is 0 Å². The Morgan fingerprint density at radius 1 is 1.29 bits per heavy atom. The zero-order chi connectivity index (χ0) is 16.8. The van der Waals surface area contributed by atoms with E-state index < -0.39 is 5.54 Å². The molecule has 24 heavy (non-hydrogen) atoms. The van der Waals surface area contributed by atoms with E-state index in [0.29, 0.717) is 6.54 Å². The molecule has 0 atom stereocenters. The molecule has 0 saturated heterocycles. The van der Waals surface area contributed by atoms with Gasteiger partial charge in [-0.1, -0.05) is 26.2 Å². The van der Waals surface area contributed by atoms with Crippen molar-refractivity contribution in [3.63, 3.8) is 0 Å². The first kappa shape index (κ1) is 17.6. The normalized spacial score (nSPS) is 16.9. The third-order valence-corrected chi connectivity index (χ3v) is 6.23. The van der Waals surface area contributed by atoms with E-state index in [1.54, 1.807) is 22.7 Å². The molecule has 2 aromatic rings. The smallest absolute Gasteiger partial charge is 0.240 e. The van der Waals surface area contributed by atoms with Gasteiger partial charge >= 0.3 is 0 Å². The molecule has 3 rings (SSSR count). The number of hydrogen-bond donors (Lipinski definition) is 2. The monoisotopic (exact) mass is 363 g/mol. The summed E-state index contributed by atoms with van der Waals surface area (Å²) in [6, 6.07) is 2.10. The van der Waals surface area contributed by atoms with Gasteiger partial charge in [0.15, 0.2) is 0 Å². The Labute approximate surface area is 151 Å². The molecule has 0 radical (unpaired) electrons. The molecule has 0 bridgehead atoms. The number of amides is 1. The summed E-state index contributed by atoms with van der Waals surface area (Å²) in [6.07, 6.45) is 6.27. The van der Waals surface area contributed by atoms with Crippen molar-refractivity contribution in [2.45, 2.75) is 57.5 Å². The minimum atomic E-state index is -0.417. The van der Waals surface area contributed by atoms with Crippen molar-refractivity contribution in [2.24, 2.45) is 0 Å². The number of nitrogens with zero attached hydrogens (tertiary/aromatic N) is 1. The summed E-state index contributed by atoms with van der Waals surface area (Å²) in [5.41, 5.74) is 1.79. The van der Waals surface area contributed by atoms with Gasteiger partial charge in [0, 0.05) is 29.4 Å². The highest BCUT2D eigenvalue weighted by molar-refractivity contribution is 7.14. The Bertz CT molecular complexity index is 645. The molecule has 1 aliphatic rings. The maximum absolute atomic E-state index is 12.7. The van der Waals surface area contributed by atoms with Crippen LogP contribution in [0.25, 0.3) is 10.6 Å². The van der Waals surface area contributed by atoms with Crippen LogP contribution in [0.2, 0.25) is 0 Å². The van der Waals surface area contributed by atoms with E-state index in [9.17, 15) is 4.79 Å². The van der Waals surface area contributed by atoms with Gasteiger partial charge in [-0.25, -0.2) is 4.98 Å².